The molecule has 0 fully saturated rings. The number of aldehydes is 1. The summed E-state index contributed by atoms with van der Waals surface area (Å²) in [6.45, 7) is 0. The Balaban J connectivity index is 2.86. The van der Waals surface area contributed by atoms with E-state index in [2.05, 4.69) is 32.6 Å². The lowest BCUT2D eigenvalue weighted by Crippen LogP contribution is -1.86. The molecule has 12 heavy (non-hydrogen) atoms. The third-order valence-corrected chi connectivity index (χ3v) is 2.82. The first-order chi connectivity index (χ1) is 5.83. The molecule has 0 bridgehead atoms. The number of carbonyl (C=O) groups excluding carboxylic acids is 1. The fourth-order valence-corrected chi connectivity index (χ4v) is 1.82. The minimum Gasteiger partial charge on any atom is -0.345 e. The average molecular weight is 272 g/mol. The molecule has 0 amide bonds. The van der Waals surface area contributed by atoms with Crippen LogP contribution in [0.1, 0.15) is 10.4 Å². The number of aromatic nitrogens is 2. The predicted molar refractivity (Wildman–Crippen MR) is 54.2 cm³/mol. The molecule has 0 saturated carbocycles. The number of halogens is 1. The van der Waals surface area contributed by atoms with Crippen molar-refractivity contribution in [1.29, 1.82) is 0 Å². The number of nitrogens with zero attached hydrogens (tertiary/aromatic N) is 1. The molecule has 0 unspecified atom stereocenters. The van der Waals surface area contributed by atoms with Gasteiger partial charge in [-0.1, -0.05) is 0 Å². The number of H-pyrrole nitrogens is 1. The second kappa shape index (κ2) is 2.85. The Kier molecular flexibility index (Phi) is 1.84. The molecule has 3 nitrogen and oxygen atoms in total. The molecule has 60 valence electrons. The van der Waals surface area contributed by atoms with Gasteiger partial charge >= 0.3 is 0 Å². The first-order valence-corrected chi connectivity index (χ1v) is 4.47. The molecule has 1 heterocycles. The van der Waals surface area contributed by atoms with Crippen LogP contribution in [0.3, 0.4) is 0 Å². The van der Waals surface area contributed by atoms with Crippen molar-refractivity contribution in [2.75, 3.05) is 0 Å². The molecule has 1 aromatic carbocycles. The SMILES string of the molecule is O=Cc1ccc2[nH]cnc2c1I. The Labute approximate surface area is 82.3 Å². The summed E-state index contributed by atoms with van der Waals surface area (Å²) >= 11 is 2.12. The fraction of sp³-hybridized carbons (Fsp3) is 0. The number of nitrogens with one attached hydrogen (secondary N) is 1. The topological polar surface area (TPSA) is 45.8 Å². The molecule has 2 aromatic rings. The van der Waals surface area contributed by atoms with Gasteiger partial charge in [-0.2, -0.15) is 0 Å². The van der Waals surface area contributed by atoms with Gasteiger partial charge in [-0.05, 0) is 34.7 Å². The third kappa shape index (κ3) is 1.03. The Morgan fingerprint density at radius 3 is 3.08 bits per heavy atom. The molecule has 4 heteroatoms. The van der Waals surface area contributed by atoms with Gasteiger partial charge in [0.15, 0.2) is 6.29 Å². The number of imidazole rings is 1. The van der Waals surface area contributed by atoms with Crippen molar-refractivity contribution < 1.29 is 4.79 Å². The molecular weight excluding hydrogens is 267 g/mol. The monoisotopic (exact) mass is 272 g/mol. The summed E-state index contributed by atoms with van der Waals surface area (Å²) in [5.41, 5.74) is 2.51. The van der Waals surface area contributed by atoms with Crippen LogP contribution in [0.5, 0.6) is 0 Å². The van der Waals surface area contributed by atoms with Crippen LogP contribution in [0.25, 0.3) is 11.0 Å². The number of benzene rings is 1. The van der Waals surface area contributed by atoms with Gasteiger partial charge in [0, 0.05) is 5.56 Å². The maximum atomic E-state index is 10.6. The van der Waals surface area contributed by atoms with E-state index in [9.17, 15) is 4.79 Å². The van der Waals surface area contributed by atoms with Crippen molar-refractivity contribution in [2.45, 2.75) is 0 Å². The van der Waals surface area contributed by atoms with Crippen molar-refractivity contribution in [1.82, 2.24) is 9.97 Å². The highest BCUT2D eigenvalue weighted by Gasteiger charge is 2.04. The van der Waals surface area contributed by atoms with Gasteiger partial charge in [0.05, 0.1) is 15.4 Å². The van der Waals surface area contributed by atoms with Crippen molar-refractivity contribution in [3.63, 3.8) is 0 Å². The number of aromatic amines is 1. The Bertz CT molecular complexity index is 436. The van der Waals surface area contributed by atoms with E-state index >= 15 is 0 Å². The minimum atomic E-state index is 0.690. The quantitative estimate of drug-likeness (QED) is 0.637. The highest BCUT2D eigenvalue weighted by Crippen LogP contribution is 2.19. The van der Waals surface area contributed by atoms with Crippen LogP contribution in [0.15, 0.2) is 18.5 Å². The lowest BCUT2D eigenvalue weighted by atomic mass is 10.2. The zero-order chi connectivity index (χ0) is 8.55. The highest BCUT2D eigenvalue weighted by atomic mass is 127. The van der Waals surface area contributed by atoms with E-state index in [1.54, 1.807) is 12.4 Å². The van der Waals surface area contributed by atoms with E-state index in [4.69, 9.17) is 0 Å². The van der Waals surface area contributed by atoms with Gasteiger partial charge in [0.2, 0.25) is 0 Å². The molecule has 0 saturated heterocycles. The zero-order valence-electron chi connectivity index (χ0n) is 6.04. The van der Waals surface area contributed by atoms with Crippen molar-refractivity contribution in [2.24, 2.45) is 0 Å². The lowest BCUT2D eigenvalue weighted by Gasteiger charge is -1.95. The van der Waals surface area contributed by atoms with Crippen LogP contribution < -0.4 is 0 Å². The van der Waals surface area contributed by atoms with Gasteiger partial charge in [0.25, 0.3) is 0 Å². The number of fused-ring (bicyclic) bond motifs is 1. The summed E-state index contributed by atoms with van der Waals surface area (Å²) in [4.78, 5) is 17.6. The molecule has 1 N–H and O–H groups in total. The Hall–Kier alpha value is -0.910. The maximum absolute atomic E-state index is 10.6. The number of rotatable bonds is 1. The third-order valence-electron chi connectivity index (χ3n) is 1.69. The van der Waals surface area contributed by atoms with E-state index in [1.807, 2.05) is 6.07 Å². The number of hydrogen-bond acceptors (Lipinski definition) is 2. The van der Waals surface area contributed by atoms with Gasteiger partial charge in [0.1, 0.15) is 5.52 Å². The first-order valence-electron chi connectivity index (χ1n) is 3.39. The number of carbonyl (C=O) groups is 1. The standard InChI is InChI=1S/C8H5IN2O/c9-7-5(3-12)1-2-6-8(7)11-4-10-6/h1-4H,(H,10,11). The minimum absolute atomic E-state index is 0.690. The van der Waals surface area contributed by atoms with E-state index in [1.165, 1.54) is 0 Å². The summed E-state index contributed by atoms with van der Waals surface area (Å²) in [6, 6.07) is 3.64. The maximum Gasteiger partial charge on any atom is 0.151 e. The molecule has 0 atom stereocenters. The number of hydrogen-bond donors (Lipinski definition) is 1. The lowest BCUT2D eigenvalue weighted by molar-refractivity contribution is 0.112. The summed E-state index contributed by atoms with van der Waals surface area (Å²) in [6.07, 6.45) is 2.47. The van der Waals surface area contributed by atoms with E-state index < -0.39 is 0 Å². The molecule has 0 radical (unpaired) electrons. The normalized spacial score (nSPS) is 10.4. The largest absolute Gasteiger partial charge is 0.345 e. The summed E-state index contributed by atoms with van der Waals surface area (Å²) in [7, 11) is 0. The van der Waals surface area contributed by atoms with Crippen molar-refractivity contribution in [3.8, 4) is 0 Å². The van der Waals surface area contributed by atoms with Crippen LogP contribution in [0.4, 0.5) is 0 Å². The molecule has 0 aliphatic heterocycles. The van der Waals surface area contributed by atoms with Gasteiger partial charge in [-0.15, -0.1) is 0 Å². The van der Waals surface area contributed by atoms with Crippen LogP contribution in [-0.4, -0.2) is 16.3 Å². The second-order valence-corrected chi connectivity index (χ2v) is 3.46. The molecule has 0 aliphatic rings. The second-order valence-electron chi connectivity index (χ2n) is 2.39. The molecular formula is C8H5IN2O. The molecule has 0 spiro atoms. The van der Waals surface area contributed by atoms with Gasteiger partial charge in [-0.25, -0.2) is 4.98 Å². The van der Waals surface area contributed by atoms with Crippen molar-refractivity contribution in [3.05, 3.63) is 27.6 Å². The summed E-state index contributed by atoms with van der Waals surface area (Å²) in [5, 5.41) is 0. The predicted octanol–water partition coefficient (Wildman–Crippen LogP) is 1.98. The van der Waals surface area contributed by atoms with E-state index in [-0.39, 0.29) is 0 Å². The van der Waals surface area contributed by atoms with Crippen LogP contribution in [0.2, 0.25) is 0 Å². The zero-order valence-corrected chi connectivity index (χ0v) is 8.20. The van der Waals surface area contributed by atoms with Crippen LogP contribution in [-0.2, 0) is 0 Å². The van der Waals surface area contributed by atoms with Crippen LogP contribution in [0, 0.1) is 3.57 Å². The average Bonchev–Trinajstić information content (AvgIpc) is 2.53. The summed E-state index contributed by atoms with van der Waals surface area (Å²) in [5.74, 6) is 0. The van der Waals surface area contributed by atoms with Gasteiger partial charge < -0.3 is 4.98 Å². The van der Waals surface area contributed by atoms with Crippen molar-refractivity contribution >= 4 is 39.9 Å². The Morgan fingerprint density at radius 2 is 2.33 bits per heavy atom. The summed E-state index contributed by atoms with van der Waals surface area (Å²) < 4.78 is 0.904. The smallest absolute Gasteiger partial charge is 0.151 e. The first kappa shape index (κ1) is 7.72. The Morgan fingerprint density at radius 1 is 1.50 bits per heavy atom. The molecule has 0 aliphatic carbocycles. The van der Waals surface area contributed by atoms with E-state index in [0.717, 1.165) is 20.9 Å². The van der Waals surface area contributed by atoms with E-state index in [0.29, 0.717) is 5.56 Å². The molecule has 1 aromatic heterocycles. The fourth-order valence-electron chi connectivity index (χ4n) is 1.08. The molecule has 2 rings (SSSR count). The highest BCUT2D eigenvalue weighted by molar-refractivity contribution is 14.1. The van der Waals surface area contributed by atoms with Crippen LogP contribution >= 0.6 is 22.6 Å². The van der Waals surface area contributed by atoms with Gasteiger partial charge in [-0.3, -0.25) is 4.79 Å².